The van der Waals surface area contributed by atoms with Gasteiger partial charge in [-0.25, -0.2) is 0 Å². The van der Waals surface area contributed by atoms with Crippen molar-refractivity contribution in [1.29, 1.82) is 0 Å². The molecular formula is C20H20N2O3. The first-order valence-electron chi connectivity index (χ1n) is 8.05. The first-order valence-corrected chi connectivity index (χ1v) is 8.05. The maximum absolute atomic E-state index is 12.7. The number of benzene rings is 2. The van der Waals surface area contributed by atoms with Crippen LogP contribution in [0.3, 0.4) is 0 Å². The van der Waals surface area contributed by atoms with Crippen LogP contribution in [0.4, 0.5) is 0 Å². The second-order valence-corrected chi connectivity index (χ2v) is 5.63. The predicted molar refractivity (Wildman–Crippen MR) is 97.2 cm³/mol. The van der Waals surface area contributed by atoms with Gasteiger partial charge in [0.25, 0.3) is 5.91 Å². The van der Waals surface area contributed by atoms with E-state index in [2.05, 4.69) is 4.98 Å². The van der Waals surface area contributed by atoms with Crippen molar-refractivity contribution in [1.82, 2.24) is 9.88 Å². The number of hydrogen-bond donors (Lipinski definition) is 0. The van der Waals surface area contributed by atoms with Crippen LogP contribution >= 0.6 is 0 Å². The van der Waals surface area contributed by atoms with E-state index in [1.807, 2.05) is 48.5 Å². The van der Waals surface area contributed by atoms with Gasteiger partial charge in [0.1, 0.15) is 18.1 Å². The van der Waals surface area contributed by atoms with E-state index in [4.69, 9.17) is 9.47 Å². The molecule has 0 aliphatic rings. The molecule has 5 heteroatoms. The molecular weight excluding hydrogens is 316 g/mol. The summed E-state index contributed by atoms with van der Waals surface area (Å²) >= 11 is 0. The Morgan fingerprint density at radius 1 is 1.04 bits per heavy atom. The van der Waals surface area contributed by atoms with Gasteiger partial charge >= 0.3 is 0 Å². The maximum atomic E-state index is 12.7. The molecule has 0 unspecified atom stereocenters. The van der Waals surface area contributed by atoms with E-state index in [9.17, 15) is 4.79 Å². The van der Waals surface area contributed by atoms with Gasteiger partial charge in [0.05, 0.1) is 24.7 Å². The summed E-state index contributed by atoms with van der Waals surface area (Å²) in [5.41, 5.74) is 1.32. The summed E-state index contributed by atoms with van der Waals surface area (Å²) in [7, 11) is 3.39. The molecule has 128 valence electrons. The molecule has 0 aliphatic heterocycles. The van der Waals surface area contributed by atoms with Crippen LogP contribution in [0.1, 0.15) is 10.4 Å². The van der Waals surface area contributed by atoms with Crippen molar-refractivity contribution >= 4 is 16.8 Å². The van der Waals surface area contributed by atoms with Crippen LogP contribution in [-0.4, -0.2) is 43.1 Å². The quantitative estimate of drug-likeness (QED) is 0.692. The van der Waals surface area contributed by atoms with Crippen LogP contribution in [0.2, 0.25) is 0 Å². The molecule has 0 spiro atoms. The van der Waals surface area contributed by atoms with Crippen molar-refractivity contribution in [3.63, 3.8) is 0 Å². The van der Waals surface area contributed by atoms with E-state index in [0.717, 1.165) is 22.4 Å². The summed E-state index contributed by atoms with van der Waals surface area (Å²) in [5, 5.41) is 0.955. The predicted octanol–water partition coefficient (Wildman–Crippen LogP) is 3.39. The van der Waals surface area contributed by atoms with E-state index in [0.29, 0.717) is 18.7 Å². The number of likely N-dealkylation sites (N-methyl/N-ethyl adjacent to an activating group) is 1. The fraction of sp³-hybridized carbons (Fsp3) is 0.200. The Kier molecular flexibility index (Phi) is 5.14. The van der Waals surface area contributed by atoms with Gasteiger partial charge in [-0.15, -0.1) is 0 Å². The molecule has 3 aromatic rings. The molecule has 0 fully saturated rings. The number of nitrogens with zero attached hydrogens (tertiary/aromatic N) is 2. The van der Waals surface area contributed by atoms with Crippen molar-refractivity contribution in [2.24, 2.45) is 0 Å². The van der Waals surface area contributed by atoms with E-state index in [-0.39, 0.29) is 5.91 Å². The Morgan fingerprint density at radius 3 is 2.52 bits per heavy atom. The fourth-order valence-corrected chi connectivity index (χ4v) is 2.56. The molecule has 0 atom stereocenters. The van der Waals surface area contributed by atoms with Crippen molar-refractivity contribution in [3.05, 3.63) is 66.4 Å². The van der Waals surface area contributed by atoms with E-state index >= 15 is 0 Å². The third-order valence-corrected chi connectivity index (χ3v) is 3.96. The summed E-state index contributed by atoms with van der Waals surface area (Å²) in [6.45, 7) is 0.890. The van der Waals surface area contributed by atoms with Crippen LogP contribution in [0.15, 0.2) is 60.8 Å². The van der Waals surface area contributed by atoms with Crippen LogP contribution < -0.4 is 9.47 Å². The molecule has 0 aliphatic carbocycles. The van der Waals surface area contributed by atoms with Gasteiger partial charge in [-0.2, -0.15) is 0 Å². The highest BCUT2D eigenvalue weighted by Gasteiger charge is 2.15. The minimum atomic E-state index is -0.0670. The average molecular weight is 336 g/mol. The molecule has 25 heavy (non-hydrogen) atoms. The minimum absolute atomic E-state index is 0.0670. The zero-order valence-electron chi connectivity index (χ0n) is 14.3. The Bertz CT molecular complexity index is 857. The highest BCUT2D eigenvalue weighted by Crippen LogP contribution is 2.18. The van der Waals surface area contributed by atoms with Gasteiger partial charge in [0, 0.05) is 18.6 Å². The summed E-state index contributed by atoms with van der Waals surface area (Å²) in [4.78, 5) is 18.7. The molecule has 1 aromatic heterocycles. The lowest BCUT2D eigenvalue weighted by Crippen LogP contribution is -2.31. The third-order valence-electron chi connectivity index (χ3n) is 3.96. The molecule has 1 heterocycles. The van der Waals surface area contributed by atoms with E-state index in [1.165, 1.54) is 0 Å². The van der Waals surface area contributed by atoms with E-state index in [1.54, 1.807) is 31.3 Å². The van der Waals surface area contributed by atoms with Crippen LogP contribution in [0.25, 0.3) is 10.9 Å². The monoisotopic (exact) mass is 336 g/mol. The first kappa shape index (κ1) is 16.8. The summed E-state index contributed by atoms with van der Waals surface area (Å²) in [6.07, 6.45) is 1.70. The summed E-state index contributed by atoms with van der Waals surface area (Å²) in [5.74, 6) is 1.46. The van der Waals surface area contributed by atoms with Gasteiger partial charge in [-0.3, -0.25) is 9.78 Å². The number of para-hydroxylation sites is 1. The molecule has 0 saturated carbocycles. The van der Waals surface area contributed by atoms with Crippen molar-refractivity contribution in [2.45, 2.75) is 0 Å². The Hall–Kier alpha value is -3.08. The molecule has 0 N–H and O–H groups in total. The SMILES string of the molecule is COc1ccc(OCCN(C)C(=O)c2cccc3cccnc23)cc1. The molecule has 0 bridgehead atoms. The van der Waals surface area contributed by atoms with Gasteiger partial charge in [0.15, 0.2) is 0 Å². The normalized spacial score (nSPS) is 10.5. The number of ether oxygens (including phenoxy) is 2. The molecule has 5 nitrogen and oxygen atoms in total. The lowest BCUT2D eigenvalue weighted by molar-refractivity contribution is 0.0775. The highest BCUT2D eigenvalue weighted by atomic mass is 16.5. The lowest BCUT2D eigenvalue weighted by Gasteiger charge is -2.18. The van der Waals surface area contributed by atoms with Crippen molar-refractivity contribution in [3.8, 4) is 11.5 Å². The smallest absolute Gasteiger partial charge is 0.255 e. The number of carbonyl (C=O) groups excluding carboxylic acids is 1. The average Bonchev–Trinajstić information content (AvgIpc) is 2.67. The zero-order chi connectivity index (χ0) is 17.6. The molecule has 0 radical (unpaired) electrons. The van der Waals surface area contributed by atoms with Crippen LogP contribution in [0, 0.1) is 0 Å². The molecule has 0 saturated heterocycles. The van der Waals surface area contributed by atoms with Crippen LogP contribution in [-0.2, 0) is 0 Å². The van der Waals surface area contributed by atoms with Crippen molar-refractivity contribution in [2.75, 3.05) is 27.3 Å². The first-order chi connectivity index (χ1) is 12.2. The Balaban J connectivity index is 1.62. The van der Waals surface area contributed by atoms with Gasteiger partial charge in [0.2, 0.25) is 0 Å². The highest BCUT2D eigenvalue weighted by molar-refractivity contribution is 6.05. The van der Waals surface area contributed by atoms with Gasteiger partial charge < -0.3 is 14.4 Å². The van der Waals surface area contributed by atoms with Gasteiger partial charge in [-0.1, -0.05) is 18.2 Å². The van der Waals surface area contributed by atoms with Crippen molar-refractivity contribution < 1.29 is 14.3 Å². The number of aromatic nitrogens is 1. The van der Waals surface area contributed by atoms with E-state index < -0.39 is 0 Å². The third kappa shape index (κ3) is 3.88. The topological polar surface area (TPSA) is 51.7 Å². The number of carbonyl (C=O) groups is 1. The Morgan fingerprint density at radius 2 is 1.76 bits per heavy atom. The molecule has 1 amide bonds. The second kappa shape index (κ2) is 7.66. The number of rotatable bonds is 6. The zero-order valence-corrected chi connectivity index (χ0v) is 14.3. The number of methoxy groups -OCH3 is 1. The standard InChI is InChI=1S/C20H20N2O3/c1-22(13-14-25-17-10-8-16(24-2)9-11-17)20(23)18-7-3-5-15-6-4-12-21-19(15)18/h3-12H,13-14H2,1-2H3. The number of pyridine rings is 1. The largest absolute Gasteiger partial charge is 0.497 e. The van der Waals surface area contributed by atoms with Gasteiger partial charge in [-0.05, 0) is 36.4 Å². The Labute approximate surface area is 146 Å². The number of fused-ring (bicyclic) bond motifs is 1. The number of amides is 1. The summed E-state index contributed by atoms with van der Waals surface area (Å²) in [6, 6.07) is 16.8. The number of hydrogen-bond acceptors (Lipinski definition) is 4. The summed E-state index contributed by atoms with van der Waals surface area (Å²) < 4.78 is 10.8. The molecule has 2 aromatic carbocycles. The fourth-order valence-electron chi connectivity index (χ4n) is 2.56. The minimum Gasteiger partial charge on any atom is -0.497 e. The lowest BCUT2D eigenvalue weighted by atomic mass is 10.1. The van der Waals surface area contributed by atoms with Crippen LogP contribution in [0.5, 0.6) is 11.5 Å². The maximum Gasteiger partial charge on any atom is 0.255 e. The molecule has 3 rings (SSSR count). The second-order valence-electron chi connectivity index (χ2n) is 5.63.